The molecule has 1 N–H and O–H groups in total. The molecule has 1 aromatic carbocycles. The average Bonchev–Trinajstić information content (AvgIpc) is 2.44. The van der Waals surface area contributed by atoms with Gasteiger partial charge in [-0.25, -0.2) is 0 Å². The van der Waals surface area contributed by atoms with E-state index in [9.17, 15) is 0 Å². The first-order valence-electron chi connectivity index (χ1n) is 7.44. The molecule has 0 amide bonds. The second-order valence-corrected chi connectivity index (χ2v) is 7.55. The van der Waals surface area contributed by atoms with E-state index in [0.29, 0.717) is 6.04 Å². The van der Waals surface area contributed by atoms with Gasteiger partial charge in [-0.05, 0) is 73.4 Å². The Hall–Kier alpha value is 0.110. The molecule has 1 fully saturated rings. The Bertz CT molecular complexity index is 419. The minimum atomic E-state index is 0.504. The Labute approximate surface area is 136 Å². The van der Waals surface area contributed by atoms with Gasteiger partial charge in [-0.2, -0.15) is 11.8 Å². The number of benzene rings is 1. The predicted octanol–water partition coefficient (Wildman–Crippen LogP) is 5.05. The van der Waals surface area contributed by atoms with Gasteiger partial charge in [0.15, 0.2) is 0 Å². The number of likely N-dealkylation sites (N-methyl/N-ethyl adjacent to an activating group) is 1. The van der Waals surface area contributed by atoms with E-state index < -0.39 is 0 Å². The molecule has 1 unspecified atom stereocenters. The smallest absolute Gasteiger partial charge is 0.0439 e. The number of hydrogen-bond acceptors (Lipinski definition) is 2. The van der Waals surface area contributed by atoms with Crippen LogP contribution in [0.25, 0.3) is 0 Å². The van der Waals surface area contributed by atoms with Gasteiger partial charge in [0.1, 0.15) is 0 Å². The number of halogens is 2. The third-order valence-electron chi connectivity index (χ3n) is 3.93. The molecule has 0 spiro atoms. The zero-order valence-corrected chi connectivity index (χ0v) is 14.3. The first-order chi connectivity index (χ1) is 9.69. The summed E-state index contributed by atoms with van der Waals surface area (Å²) < 4.78 is 0. The number of hydrogen-bond donors (Lipinski definition) is 1. The van der Waals surface area contributed by atoms with Crippen molar-refractivity contribution in [2.45, 2.75) is 38.6 Å². The zero-order chi connectivity index (χ0) is 14.4. The van der Waals surface area contributed by atoms with E-state index in [0.717, 1.165) is 34.5 Å². The lowest BCUT2D eigenvalue weighted by Crippen LogP contribution is -2.34. The highest BCUT2D eigenvalue weighted by Gasteiger charge is 2.19. The first kappa shape index (κ1) is 16.5. The van der Waals surface area contributed by atoms with Crippen LogP contribution < -0.4 is 5.32 Å². The van der Waals surface area contributed by atoms with Crippen molar-refractivity contribution in [2.24, 2.45) is 5.92 Å². The van der Waals surface area contributed by atoms with Gasteiger partial charge >= 0.3 is 0 Å². The summed E-state index contributed by atoms with van der Waals surface area (Å²) in [6, 6.07) is 6.27. The topological polar surface area (TPSA) is 12.0 Å². The quantitative estimate of drug-likeness (QED) is 0.782. The normalized spacial score (nSPS) is 18.1. The molecule has 1 saturated heterocycles. The van der Waals surface area contributed by atoms with E-state index in [2.05, 4.69) is 24.0 Å². The lowest BCUT2D eigenvalue weighted by molar-refractivity contribution is 0.366. The number of nitrogens with one attached hydrogen (secondary N) is 1. The Morgan fingerprint density at radius 3 is 2.75 bits per heavy atom. The van der Waals surface area contributed by atoms with Crippen LogP contribution in [0, 0.1) is 5.92 Å². The molecule has 0 bridgehead atoms. The van der Waals surface area contributed by atoms with Crippen molar-refractivity contribution in [3.05, 3.63) is 33.8 Å². The van der Waals surface area contributed by atoms with Gasteiger partial charge in [-0.15, -0.1) is 0 Å². The van der Waals surface area contributed by atoms with Crippen LogP contribution >= 0.6 is 35.0 Å². The summed E-state index contributed by atoms with van der Waals surface area (Å²) in [4.78, 5) is 0. The molecular formula is C16H23Cl2NS. The van der Waals surface area contributed by atoms with Crippen LogP contribution in [0.15, 0.2) is 18.2 Å². The van der Waals surface area contributed by atoms with Gasteiger partial charge in [0.25, 0.3) is 0 Å². The van der Waals surface area contributed by atoms with Gasteiger partial charge in [-0.3, -0.25) is 0 Å². The Kier molecular flexibility index (Phi) is 7.03. The molecule has 1 heterocycles. The van der Waals surface area contributed by atoms with Gasteiger partial charge in [0, 0.05) is 16.1 Å². The van der Waals surface area contributed by atoms with Crippen LogP contribution in [0.2, 0.25) is 10.0 Å². The highest BCUT2D eigenvalue weighted by atomic mass is 35.5. The molecule has 0 aromatic heterocycles. The van der Waals surface area contributed by atoms with Gasteiger partial charge < -0.3 is 5.32 Å². The molecule has 112 valence electrons. The fourth-order valence-corrected chi connectivity index (χ4v) is 4.47. The minimum absolute atomic E-state index is 0.504. The summed E-state index contributed by atoms with van der Waals surface area (Å²) in [5, 5.41) is 5.22. The number of thioether (sulfide) groups is 1. The van der Waals surface area contributed by atoms with Gasteiger partial charge in [0.2, 0.25) is 0 Å². The van der Waals surface area contributed by atoms with E-state index in [4.69, 9.17) is 23.2 Å². The monoisotopic (exact) mass is 331 g/mol. The highest BCUT2D eigenvalue weighted by molar-refractivity contribution is 7.99. The maximum Gasteiger partial charge on any atom is 0.0439 e. The van der Waals surface area contributed by atoms with E-state index in [1.54, 1.807) is 0 Å². The van der Waals surface area contributed by atoms with E-state index >= 15 is 0 Å². The van der Waals surface area contributed by atoms with E-state index in [-0.39, 0.29) is 0 Å². The molecule has 1 aromatic rings. The van der Waals surface area contributed by atoms with Gasteiger partial charge in [0.05, 0.1) is 0 Å². The second kappa shape index (κ2) is 8.53. The fourth-order valence-electron chi connectivity index (χ4n) is 2.88. The average molecular weight is 332 g/mol. The Morgan fingerprint density at radius 1 is 1.30 bits per heavy atom. The van der Waals surface area contributed by atoms with Crippen molar-refractivity contribution in [3.8, 4) is 0 Å². The molecule has 4 heteroatoms. The molecule has 0 radical (unpaired) electrons. The minimum Gasteiger partial charge on any atom is -0.314 e. The maximum atomic E-state index is 6.29. The van der Waals surface area contributed by atoms with E-state index in [1.807, 2.05) is 18.2 Å². The van der Waals surface area contributed by atoms with Crippen LogP contribution in [0.4, 0.5) is 0 Å². The predicted molar refractivity (Wildman–Crippen MR) is 92.3 cm³/mol. The van der Waals surface area contributed by atoms with Crippen LogP contribution in [0.5, 0.6) is 0 Å². The zero-order valence-electron chi connectivity index (χ0n) is 12.0. The van der Waals surface area contributed by atoms with Crippen molar-refractivity contribution >= 4 is 35.0 Å². The van der Waals surface area contributed by atoms with Crippen LogP contribution in [-0.4, -0.2) is 24.1 Å². The fraction of sp³-hybridized carbons (Fsp3) is 0.625. The van der Waals surface area contributed by atoms with Crippen molar-refractivity contribution < 1.29 is 0 Å². The molecular weight excluding hydrogens is 309 g/mol. The maximum absolute atomic E-state index is 6.29. The standard InChI is InChI=1S/C16H23Cl2NS/c1-2-19-15(9-12-5-7-20-8-6-12)11-13-10-14(17)3-4-16(13)18/h3-4,10,12,15,19H,2,5-9,11H2,1H3. The molecule has 1 aliphatic heterocycles. The third kappa shape index (κ3) is 5.14. The number of rotatable bonds is 6. The second-order valence-electron chi connectivity index (χ2n) is 5.49. The summed E-state index contributed by atoms with van der Waals surface area (Å²) in [5.41, 5.74) is 1.16. The molecule has 1 atom stereocenters. The van der Waals surface area contributed by atoms with E-state index in [1.165, 1.54) is 30.8 Å². The van der Waals surface area contributed by atoms with Crippen molar-refractivity contribution in [2.75, 3.05) is 18.1 Å². The molecule has 20 heavy (non-hydrogen) atoms. The summed E-state index contributed by atoms with van der Waals surface area (Å²) in [6.45, 7) is 3.17. The van der Waals surface area contributed by atoms with Crippen LogP contribution in [0.3, 0.4) is 0 Å². The highest BCUT2D eigenvalue weighted by Crippen LogP contribution is 2.28. The van der Waals surface area contributed by atoms with Crippen LogP contribution in [0.1, 0.15) is 31.7 Å². The summed E-state index contributed by atoms with van der Waals surface area (Å²) in [7, 11) is 0. The molecule has 0 aliphatic carbocycles. The lowest BCUT2D eigenvalue weighted by atomic mass is 9.91. The van der Waals surface area contributed by atoms with Crippen molar-refractivity contribution in [3.63, 3.8) is 0 Å². The molecule has 1 aliphatic rings. The Balaban J connectivity index is 1.98. The molecule has 2 rings (SSSR count). The molecule has 1 nitrogen and oxygen atoms in total. The first-order valence-corrected chi connectivity index (χ1v) is 9.35. The Morgan fingerprint density at radius 2 is 2.05 bits per heavy atom. The van der Waals surface area contributed by atoms with Gasteiger partial charge in [-0.1, -0.05) is 30.1 Å². The largest absolute Gasteiger partial charge is 0.314 e. The summed E-state index contributed by atoms with van der Waals surface area (Å²) in [6.07, 6.45) is 4.93. The third-order valence-corrected chi connectivity index (χ3v) is 5.58. The van der Waals surface area contributed by atoms with Crippen molar-refractivity contribution in [1.82, 2.24) is 5.32 Å². The summed E-state index contributed by atoms with van der Waals surface area (Å²) in [5.74, 6) is 3.50. The van der Waals surface area contributed by atoms with Crippen molar-refractivity contribution in [1.29, 1.82) is 0 Å². The molecule has 0 saturated carbocycles. The summed E-state index contributed by atoms with van der Waals surface area (Å²) >= 11 is 14.5. The lowest BCUT2D eigenvalue weighted by Gasteiger charge is -2.27. The van der Waals surface area contributed by atoms with Crippen LogP contribution in [-0.2, 0) is 6.42 Å². The SMILES string of the molecule is CCNC(Cc1cc(Cl)ccc1Cl)CC1CCSCC1.